The van der Waals surface area contributed by atoms with Crippen molar-refractivity contribution in [3.8, 4) is 0 Å². The number of carbonyl (C=O) groups excluding carboxylic acids is 3. The normalized spacial score (nSPS) is 17.9. The average Bonchev–Trinajstić information content (AvgIpc) is 2.70. The molecule has 0 aliphatic carbocycles. The zero-order valence-corrected chi connectivity index (χ0v) is 20.5. The maximum absolute atomic E-state index is 13.3. The number of ether oxygens (including phenoxy) is 2. The summed E-state index contributed by atoms with van der Waals surface area (Å²) in [6, 6.07) is 7.59. The Hall–Kier alpha value is -1.74. The second kappa shape index (κ2) is 11.4. The Kier molecular flexibility index (Phi) is 9.45. The molecule has 2 rings (SSSR count). The van der Waals surface area contributed by atoms with Crippen LogP contribution >= 0.6 is 34.8 Å². The number of rotatable bonds is 6. The third-order valence-electron chi connectivity index (χ3n) is 4.39. The Balaban J connectivity index is 2.09. The first-order chi connectivity index (χ1) is 14.8. The molecule has 2 N–H and O–H groups in total. The molecule has 0 radical (unpaired) electrons. The minimum Gasteiger partial charge on any atom is -0.460 e. The summed E-state index contributed by atoms with van der Waals surface area (Å²) in [5.74, 6) is -1.04. The molecular weight excluding hydrogens is 481 g/mol. The van der Waals surface area contributed by atoms with Gasteiger partial charge in [-0.3, -0.25) is 14.6 Å². The van der Waals surface area contributed by atoms with Crippen LogP contribution in [0.5, 0.6) is 0 Å². The lowest BCUT2D eigenvalue weighted by atomic mass is 10.0. The van der Waals surface area contributed by atoms with Gasteiger partial charge in [0.15, 0.2) is 0 Å². The molecule has 2 atom stereocenters. The molecule has 1 aliphatic heterocycles. The summed E-state index contributed by atoms with van der Waals surface area (Å²) in [6.45, 7) is 5.16. The average molecular weight is 509 g/mol. The number of amides is 2. The molecule has 2 unspecified atom stereocenters. The Morgan fingerprint density at radius 1 is 1.19 bits per heavy atom. The number of nitrogens with one attached hydrogen (secondary N) is 2. The summed E-state index contributed by atoms with van der Waals surface area (Å²) in [6.07, 6.45) is 0.545. The van der Waals surface area contributed by atoms with E-state index < -0.39 is 46.1 Å². The molecule has 2 amide bonds. The van der Waals surface area contributed by atoms with Crippen molar-refractivity contribution >= 4 is 52.8 Å². The largest absolute Gasteiger partial charge is 0.460 e. The van der Waals surface area contributed by atoms with Crippen molar-refractivity contribution in [3.63, 3.8) is 0 Å². The van der Waals surface area contributed by atoms with Gasteiger partial charge in [-0.2, -0.15) is 0 Å². The van der Waals surface area contributed by atoms with E-state index in [1.54, 1.807) is 20.8 Å². The predicted octanol–water partition coefficient (Wildman–Crippen LogP) is 3.53. The maximum atomic E-state index is 13.3. The molecular formula is C21H28Cl3N3O5. The smallest absolute Gasteiger partial charge is 0.408 e. The van der Waals surface area contributed by atoms with E-state index in [-0.39, 0.29) is 6.42 Å². The Labute approximate surface area is 202 Å². The third kappa shape index (κ3) is 9.40. The van der Waals surface area contributed by atoms with Crippen LogP contribution in [0, 0.1) is 0 Å². The highest BCUT2D eigenvalue weighted by molar-refractivity contribution is 6.67. The van der Waals surface area contributed by atoms with Crippen LogP contribution in [-0.4, -0.2) is 57.6 Å². The van der Waals surface area contributed by atoms with Crippen LogP contribution in [0.2, 0.25) is 0 Å². The number of esters is 1. The number of hydrazine groups is 1. The molecule has 32 heavy (non-hydrogen) atoms. The van der Waals surface area contributed by atoms with Crippen LogP contribution in [0.3, 0.4) is 0 Å². The number of halogens is 3. The number of benzene rings is 1. The standard InChI is InChI=1S/C21H28Cl3N3O5/c1-20(2,3)32-19(30)25-16(12-14-8-5-4-6-9-14)17(28)27-11-7-10-15(26-27)18(29)31-13-21(22,23)24/h4-6,8-9,15-16,26H,7,10-13H2,1-3H3,(H,25,30). The highest BCUT2D eigenvalue weighted by Gasteiger charge is 2.34. The number of carbonyl (C=O) groups is 3. The molecule has 0 aromatic heterocycles. The first kappa shape index (κ1) is 26.5. The van der Waals surface area contributed by atoms with Crippen molar-refractivity contribution in [1.29, 1.82) is 0 Å². The van der Waals surface area contributed by atoms with Gasteiger partial charge in [0.25, 0.3) is 5.91 Å². The molecule has 1 heterocycles. The van der Waals surface area contributed by atoms with E-state index in [2.05, 4.69) is 10.7 Å². The highest BCUT2D eigenvalue weighted by Crippen LogP contribution is 2.26. The van der Waals surface area contributed by atoms with Crippen molar-refractivity contribution < 1.29 is 23.9 Å². The van der Waals surface area contributed by atoms with Gasteiger partial charge in [-0.15, -0.1) is 0 Å². The van der Waals surface area contributed by atoms with E-state index in [0.717, 1.165) is 5.56 Å². The Bertz CT molecular complexity index is 796. The minimum absolute atomic E-state index is 0.249. The van der Waals surface area contributed by atoms with Gasteiger partial charge in [0, 0.05) is 13.0 Å². The van der Waals surface area contributed by atoms with Gasteiger partial charge < -0.3 is 14.8 Å². The first-order valence-electron chi connectivity index (χ1n) is 10.2. The molecule has 0 bridgehead atoms. The lowest BCUT2D eigenvalue weighted by molar-refractivity contribution is -0.152. The van der Waals surface area contributed by atoms with Crippen molar-refractivity contribution in [1.82, 2.24) is 15.8 Å². The third-order valence-corrected chi connectivity index (χ3v) is 4.71. The minimum atomic E-state index is -1.72. The monoisotopic (exact) mass is 507 g/mol. The van der Waals surface area contributed by atoms with E-state index in [4.69, 9.17) is 44.3 Å². The number of hydrogen-bond donors (Lipinski definition) is 2. The van der Waals surface area contributed by atoms with Crippen molar-refractivity contribution in [2.45, 2.75) is 61.5 Å². The molecule has 0 saturated carbocycles. The molecule has 1 aromatic carbocycles. The predicted molar refractivity (Wildman–Crippen MR) is 122 cm³/mol. The Morgan fingerprint density at radius 3 is 2.44 bits per heavy atom. The fourth-order valence-corrected chi connectivity index (χ4v) is 3.22. The van der Waals surface area contributed by atoms with E-state index in [1.807, 2.05) is 30.3 Å². The first-order valence-corrected chi connectivity index (χ1v) is 11.3. The Morgan fingerprint density at radius 2 is 1.84 bits per heavy atom. The van der Waals surface area contributed by atoms with Crippen molar-refractivity contribution in [2.75, 3.05) is 13.2 Å². The number of nitrogens with zero attached hydrogens (tertiary/aromatic N) is 1. The summed E-state index contributed by atoms with van der Waals surface area (Å²) in [5, 5.41) is 3.96. The lowest BCUT2D eigenvalue weighted by Gasteiger charge is -2.35. The van der Waals surface area contributed by atoms with Gasteiger partial charge >= 0.3 is 12.1 Å². The second-order valence-corrected chi connectivity index (χ2v) is 10.9. The van der Waals surface area contributed by atoms with Crippen molar-refractivity contribution in [2.24, 2.45) is 0 Å². The fraction of sp³-hybridized carbons (Fsp3) is 0.571. The number of alkyl carbamates (subject to hydrolysis) is 1. The zero-order valence-electron chi connectivity index (χ0n) is 18.2. The van der Waals surface area contributed by atoms with E-state index in [1.165, 1.54) is 5.01 Å². The van der Waals surface area contributed by atoms with E-state index in [9.17, 15) is 14.4 Å². The molecule has 1 fully saturated rings. The van der Waals surface area contributed by atoms with Gasteiger partial charge in [-0.25, -0.2) is 10.2 Å². The van der Waals surface area contributed by atoms with E-state index >= 15 is 0 Å². The van der Waals surface area contributed by atoms with Crippen LogP contribution in [0.1, 0.15) is 39.2 Å². The molecule has 178 valence electrons. The fourth-order valence-electron chi connectivity index (χ4n) is 3.06. The quantitative estimate of drug-likeness (QED) is 0.451. The SMILES string of the molecule is CC(C)(C)OC(=O)NC(Cc1ccccc1)C(=O)N1CCCC(C(=O)OCC(Cl)(Cl)Cl)N1. The molecule has 1 aromatic rings. The highest BCUT2D eigenvalue weighted by atomic mass is 35.6. The van der Waals surface area contributed by atoms with Gasteiger partial charge in [0.05, 0.1) is 0 Å². The molecule has 0 spiro atoms. The summed E-state index contributed by atoms with van der Waals surface area (Å²) >= 11 is 16.9. The molecule has 8 nitrogen and oxygen atoms in total. The summed E-state index contributed by atoms with van der Waals surface area (Å²) in [5.41, 5.74) is 3.01. The zero-order chi connectivity index (χ0) is 23.9. The lowest BCUT2D eigenvalue weighted by Crippen LogP contribution is -2.60. The van der Waals surface area contributed by atoms with Gasteiger partial charge in [-0.05, 0) is 39.2 Å². The summed E-state index contributed by atoms with van der Waals surface area (Å²) < 4.78 is 8.61. The summed E-state index contributed by atoms with van der Waals surface area (Å²) in [4.78, 5) is 37.9. The van der Waals surface area contributed by atoms with Crippen LogP contribution < -0.4 is 10.7 Å². The van der Waals surface area contributed by atoms with Gasteiger partial charge in [0.1, 0.15) is 24.3 Å². The van der Waals surface area contributed by atoms with Crippen LogP contribution in [0.4, 0.5) is 4.79 Å². The van der Waals surface area contributed by atoms with Gasteiger partial charge in [-0.1, -0.05) is 65.1 Å². The van der Waals surface area contributed by atoms with E-state index in [0.29, 0.717) is 19.4 Å². The molecule has 1 saturated heterocycles. The number of alkyl halides is 3. The maximum Gasteiger partial charge on any atom is 0.408 e. The second-order valence-electron chi connectivity index (χ2n) is 8.43. The molecule has 11 heteroatoms. The van der Waals surface area contributed by atoms with Crippen LogP contribution in [-0.2, 0) is 25.5 Å². The summed E-state index contributed by atoms with van der Waals surface area (Å²) in [7, 11) is 0. The topological polar surface area (TPSA) is 97.0 Å². The van der Waals surface area contributed by atoms with Crippen molar-refractivity contribution in [3.05, 3.63) is 35.9 Å². The molecule has 1 aliphatic rings. The number of hydrogen-bond acceptors (Lipinski definition) is 6. The van der Waals surface area contributed by atoms with Crippen LogP contribution in [0.15, 0.2) is 30.3 Å². The van der Waals surface area contributed by atoms with Crippen LogP contribution in [0.25, 0.3) is 0 Å². The van der Waals surface area contributed by atoms with Gasteiger partial charge in [0.2, 0.25) is 3.79 Å².